The van der Waals surface area contributed by atoms with Crippen LogP contribution >= 0.6 is 31.9 Å². The summed E-state index contributed by atoms with van der Waals surface area (Å²) in [4.78, 5) is 16.4. The van der Waals surface area contributed by atoms with Crippen LogP contribution in [-0.4, -0.2) is 24.0 Å². The molecule has 1 aromatic carbocycles. The number of hydrogen-bond donors (Lipinski definition) is 2. The minimum atomic E-state index is -0.0437. The van der Waals surface area contributed by atoms with E-state index in [1.54, 1.807) is 0 Å². The fourth-order valence-corrected chi connectivity index (χ4v) is 3.83. The predicted octanol–water partition coefficient (Wildman–Crippen LogP) is 4.00. The highest BCUT2D eigenvalue weighted by atomic mass is 79.9. The number of rotatable bonds is 5. The van der Waals surface area contributed by atoms with Crippen LogP contribution in [0.1, 0.15) is 40.4 Å². The van der Waals surface area contributed by atoms with E-state index in [4.69, 9.17) is 0 Å². The van der Waals surface area contributed by atoms with Crippen LogP contribution in [-0.2, 0) is 6.42 Å². The second kappa shape index (κ2) is 8.23. The van der Waals surface area contributed by atoms with Gasteiger partial charge in [0.15, 0.2) is 0 Å². The molecule has 24 heavy (non-hydrogen) atoms. The van der Waals surface area contributed by atoms with Crippen molar-refractivity contribution >= 4 is 37.8 Å². The van der Waals surface area contributed by atoms with Gasteiger partial charge in [-0.3, -0.25) is 9.78 Å². The molecule has 0 saturated carbocycles. The summed E-state index contributed by atoms with van der Waals surface area (Å²) in [6.07, 6.45) is 7.18. The monoisotopic (exact) mass is 451 g/mol. The van der Waals surface area contributed by atoms with Gasteiger partial charge in [-0.25, -0.2) is 0 Å². The molecule has 0 spiro atoms. The van der Waals surface area contributed by atoms with Gasteiger partial charge in [0.25, 0.3) is 5.91 Å². The third-order valence-corrected chi connectivity index (χ3v) is 5.45. The van der Waals surface area contributed by atoms with Gasteiger partial charge in [0, 0.05) is 46.0 Å². The number of nitrogens with zero attached hydrogens (tertiary/aromatic N) is 1. The number of benzene rings is 1. The van der Waals surface area contributed by atoms with Gasteiger partial charge in [-0.1, -0.05) is 15.9 Å². The maximum Gasteiger partial charge on any atom is 0.251 e. The second-order valence-electron chi connectivity index (χ2n) is 5.85. The molecule has 1 amide bonds. The summed E-state index contributed by atoms with van der Waals surface area (Å²) >= 11 is 6.96. The van der Waals surface area contributed by atoms with E-state index in [-0.39, 0.29) is 5.91 Å². The first-order valence-electron chi connectivity index (χ1n) is 8.04. The van der Waals surface area contributed by atoms with Gasteiger partial charge < -0.3 is 10.6 Å². The number of amides is 1. The van der Waals surface area contributed by atoms with Crippen molar-refractivity contribution in [3.63, 3.8) is 0 Å². The molecule has 6 heteroatoms. The molecule has 1 aliphatic rings. The van der Waals surface area contributed by atoms with Crippen molar-refractivity contribution in [3.05, 3.63) is 62.3 Å². The van der Waals surface area contributed by atoms with Gasteiger partial charge in [-0.15, -0.1) is 0 Å². The normalized spacial score (nSPS) is 16.5. The summed E-state index contributed by atoms with van der Waals surface area (Å²) < 4.78 is 2.06. The standard InChI is InChI=1S/C18H19Br2N3O/c19-13-6-4-12(5-7-13)18(24)23-9-8-22-17-3-1-2-14-15(17)10-21-11-16(14)20/h4-7,10-11,17,22H,1-3,8-9H2,(H,23,24). The number of aromatic nitrogens is 1. The Balaban J connectivity index is 1.50. The Morgan fingerprint density at radius 1 is 1.17 bits per heavy atom. The number of carbonyl (C=O) groups excluding carboxylic acids is 1. The van der Waals surface area contributed by atoms with E-state index in [1.165, 1.54) is 17.5 Å². The largest absolute Gasteiger partial charge is 0.351 e. The van der Waals surface area contributed by atoms with E-state index in [1.807, 2.05) is 36.7 Å². The van der Waals surface area contributed by atoms with Gasteiger partial charge in [-0.2, -0.15) is 0 Å². The molecule has 1 aromatic heterocycles. The second-order valence-corrected chi connectivity index (χ2v) is 7.62. The minimum absolute atomic E-state index is 0.0437. The van der Waals surface area contributed by atoms with Crippen molar-refractivity contribution in [1.29, 1.82) is 0 Å². The summed E-state index contributed by atoms with van der Waals surface area (Å²) in [5.74, 6) is -0.0437. The molecule has 4 nitrogen and oxygen atoms in total. The quantitative estimate of drug-likeness (QED) is 0.674. The first-order valence-corrected chi connectivity index (χ1v) is 9.63. The summed E-state index contributed by atoms with van der Waals surface area (Å²) in [5, 5.41) is 6.49. The molecule has 2 aromatic rings. The van der Waals surface area contributed by atoms with Gasteiger partial charge in [0.2, 0.25) is 0 Å². The van der Waals surface area contributed by atoms with E-state index >= 15 is 0 Å². The maximum absolute atomic E-state index is 12.1. The van der Waals surface area contributed by atoms with Crippen LogP contribution in [0.25, 0.3) is 0 Å². The third kappa shape index (κ3) is 4.23. The van der Waals surface area contributed by atoms with Crippen LogP contribution in [0.5, 0.6) is 0 Å². The zero-order valence-electron chi connectivity index (χ0n) is 13.2. The molecule has 3 rings (SSSR count). The predicted molar refractivity (Wildman–Crippen MR) is 102 cm³/mol. The molecule has 1 heterocycles. The van der Waals surface area contributed by atoms with E-state index in [9.17, 15) is 4.79 Å². The summed E-state index contributed by atoms with van der Waals surface area (Å²) in [6.45, 7) is 1.33. The fourth-order valence-electron chi connectivity index (χ4n) is 3.02. The number of fused-ring (bicyclic) bond motifs is 1. The van der Waals surface area contributed by atoms with Crippen molar-refractivity contribution in [2.24, 2.45) is 0 Å². The molecule has 1 atom stereocenters. The molecular weight excluding hydrogens is 434 g/mol. The Bertz CT molecular complexity index is 719. The average Bonchev–Trinajstić information content (AvgIpc) is 2.60. The molecule has 0 aliphatic heterocycles. The highest BCUT2D eigenvalue weighted by molar-refractivity contribution is 9.10. The van der Waals surface area contributed by atoms with E-state index in [0.29, 0.717) is 18.2 Å². The number of hydrogen-bond acceptors (Lipinski definition) is 3. The first kappa shape index (κ1) is 17.6. The number of pyridine rings is 1. The zero-order chi connectivity index (χ0) is 16.9. The van der Waals surface area contributed by atoms with Gasteiger partial charge in [0.1, 0.15) is 0 Å². The number of nitrogens with one attached hydrogen (secondary N) is 2. The van der Waals surface area contributed by atoms with Crippen LogP contribution in [0.15, 0.2) is 45.6 Å². The molecule has 0 saturated heterocycles. The topological polar surface area (TPSA) is 54.0 Å². The summed E-state index contributed by atoms with van der Waals surface area (Å²) in [6, 6.07) is 7.68. The van der Waals surface area contributed by atoms with Crippen LogP contribution in [0.3, 0.4) is 0 Å². The summed E-state index contributed by atoms with van der Waals surface area (Å²) in [7, 11) is 0. The lowest BCUT2D eigenvalue weighted by Gasteiger charge is -2.26. The Morgan fingerprint density at radius 3 is 2.75 bits per heavy atom. The minimum Gasteiger partial charge on any atom is -0.351 e. The number of halogens is 2. The molecule has 1 unspecified atom stereocenters. The lowest BCUT2D eigenvalue weighted by Crippen LogP contribution is -2.34. The molecule has 126 valence electrons. The van der Waals surface area contributed by atoms with Crippen molar-refractivity contribution in [3.8, 4) is 0 Å². The molecule has 2 N–H and O–H groups in total. The first-order chi connectivity index (χ1) is 11.6. The highest BCUT2D eigenvalue weighted by Crippen LogP contribution is 2.33. The Kier molecular flexibility index (Phi) is 6.03. The Labute approximate surface area is 158 Å². The third-order valence-electron chi connectivity index (χ3n) is 4.24. The van der Waals surface area contributed by atoms with E-state index < -0.39 is 0 Å². The lowest BCUT2D eigenvalue weighted by atomic mass is 9.89. The number of carbonyl (C=O) groups is 1. The molecule has 0 fully saturated rings. The van der Waals surface area contributed by atoms with Crippen molar-refractivity contribution < 1.29 is 4.79 Å². The Hall–Kier alpha value is -1.24. The van der Waals surface area contributed by atoms with Crippen LogP contribution in [0.4, 0.5) is 0 Å². The van der Waals surface area contributed by atoms with Crippen LogP contribution in [0.2, 0.25) is 0 Å². The molecule has 1 aliphatic carbocycles. The Morgan fingerprint density at radius 2 is 1.96 bits per heavy atom. The van der Waals surface area contributed by atoms with Crippen molar-refractivity contribution in [2.75, 3.05) is 13.1 Å². The van der Waals surface area contributed by atoms with Gasteiger partial charge in [-0.05, 0) is 70.6 Å². The SMILES string of the molecule is O=C(NCCNC1CCCc2c(Br)cncc21)c1ccc(Br)cc1. The fraction of sp³-hybridized carbons (Fsp3) is 0.333. The zero-order valence-corrected chi connectivity index (χ0v) is 16.4. The van der Waals surface area contributed by atoms with Crippen LogP contribution in [0, 0.1) is 0 Å². The summed E-state index contributed by atoms with van der Waals surface area (Å²) in [5.41, 5.74) is 3.30. The van der Waals surface area contributed by atoms with Crippen molar-refractivity contribution in [2.45, 2.75) is 25.3 Å². The van der Waals surface area contributed by atoms with E-state index in [0.717, 1.165) is 28.3 Å². The average molecular weight is 453 g/mol. The van der Waals surface area contributed by atoms with Crippen LogP contribution < -0.4 is 10.6 Å². The highest BCUT2D eigenvalue weighted by Gasteiger charge is 2.21. The molecule has 0 bridgehead atoms. The van der Waals surface area contributed by atoms with Gasteiger partial charge >= 0.3 is 0 Å². The molecule has 0 radical (unpaired) electrons. The maximum atomic E-state index is 12.1. The van der Waals surface area contributed by atoms with E-state index in [2.05, 4.69) is 47.5 Å². The lowest BCUT2D eigenvalue weighted by molar-refractivity contribution is 0.0953. The van der Waals surface area contributed by atoms with Gasteiger partial charge in [0.05, 0.1) is 0 Å². The molecular formula is C18H19Br2N3O. The van der Waals surface area contributed by atoms with Crippen molar-refractivity contribution in [1.82, 2.24) is 15.6 Å². The smallest absolute Gasteiger partial charge is 0.251 e.